The molecule has 1 N–H and O–H groups in total. The van der Waals surface area contributed by atoms with E-state index < -0.39 is 0 Å². The maximum absolute atomic E-state index is 3.28. The van der Waals surface area contributed by atoms with E-state index in [2.05, 4.69) is 34.1 Å². The van der Waals surface area contributed by atoms with Crippen LogP contribution in [0.5, 0.6) is 0 Å². The van der Waals surface area contributed by atoms with Gasteiger partial charge in [-0.05, 0) is 29.4 Å². The standard InChI is InChI=1S/C9H14N2S/c1-11(9-4-10-5-9)6-8-2-3-12-7-8/h2-3,7,9-10H,4-6H2,1H3. The number of hydrogen-bond acceptors (Lipinski definition) is 3. The molecule has 1 aliphatic heterocycles. The average Bonchev–Trinajstić information content (AvgIpc) is 2.34. The van der Waals surface area contributed by atoms with E-state index in [1.54, 1.807) is 11.3 Å². The van der Waals surface area contributed by atoms with Gasteiger partial charge in [0.05, 0.1) is 0 Å². The van der Waals surface area contributed by atoms with Crippen molar-refractivity contribution >= 4 is 11.3 Å². The van der Waals surface area contributed by atoms with Gasteiger partial charge in [0.2, 0.25) is 0 Å². The minimum Gasteiger partial charge on any atom is -0.314 e. The van der Waals surface area contributed by atoms with Gasteiger partial charge in [0.15, 0.2) is 0 Å². The highest BCUT2D eigenvalue weighted by Gasteiger charge is 2.20. The summed E-state index contributed by atoms with van der Waals surface area (Å²) in [5, 5.41) is 7.65. The molecule has 1 aromatic heterocycles. The number of likely N-dealkylation sites (N-methyl/N-ethyl adjacent to an activating group) is 1. The molecule has 0 unspecified atom stereocenters. The van der Waals surface area contributed by atoms with Gasteiger partial charge < -0.3 is 5.32 Å². The highest BCUT2D eigenvalue weighted by atomic mass is 32.1. The number of nitrogens with zero attached hydrogens (tertiary/aromatic N) is 1. The lowest BCUT2D eigenvalue weighted by atomic mass is 10.1. The van der Waals surface area contributed by atoms with Crippen molar-refractivity contribution in [3.63, 3.8) is 0 Å². The molecule has 1 aliphatic rings. The molecule has 0 spiro atoms. The maximum Gasteiger partial charge on any atom is 0.0345 e. The fourth-order valence-corrected chi connectivity index (χ4v) is 2.04. The molecule has 0 radical (unpaired) electrons. The van der Waals surface area contributed by atoms with Gasteiger partial charge in [-0.15, -0.1) is 0 Å². The fourth-order valence-electron chi connectivity index (χ4n) is 1.38. The number of rotatable bonds is 3. The SMILES string of the molecule is CN(Cc1ccsc1)C1CNC1. The zero-order valence-electron chi connectivity index (χ0n) is 7.29. The number of thiophene rings is 1. The Kier molecular flexibility index (Phi) is 2.44. The predicted octanol–water partition coefficient (Wildman–Crippen LogP) is 1.15. The van der Waals surface area contributed by atoms with Gasteiger partial charge in [-0.1, -0.05) is 0 Å². The highest BCUT2D eigenvalue weighted by molar-refractivity contribution is 7.07. The van der Waals surface area contributed by atoms with E-state index in [9.17, 15) is 0 Å². The van der Waals surface area contributed by atoms with Crippen molar-refractivity contribution in [1.82, 2.24) is 10.2 Å². The molecule has 12 heavy (non-hydrogen) atoms. The van der Waals surface area contributed by atoms with E-state index in [0.29, 0.717) is 0 Å². The van der Waals surface area contributed by atoms with E-state index >= 15 is 0 Å². The van der Waals surface area contributed by atoms with E-state index in [-0.39, 0.29) is 0 Å². The van der Waals surface area contributed by atoms with Crippen molar-refractivity contribution in [3.05, 3.63) is 22.4 Å². The normalized spacial score (nSPS) is 18.2. The van der Waals surface area contributed by atoms with Crippen LogP contribution in [0.2, 0.25) is 0 Å². The molecule has 0 aromatic carbocycles. The molecule has 0 aliphatic carbocycles. The van der Waals surface area contributed by atoms with Gasteiger partial charge in [-0.2, -0.15) is 11.3 Å². The van der Waals surface area contributed by atoms with E-state index in [1.807, 2.05) is 0 Å². The fraction of sp³-hybridized carbons (Fsp3) is 0.556. The monoisotopic (exact) mass is 182 g/mol. The summed E-state index contributed by atoms with van der Waals surface area (Å²) in [6, 6.07) is 2.96. The Balaban J connectivity index is 1.86. The summed E-state index contributed by atoms with van der Waals surface area (Å²) in [6.45, 7) is 3.40. The van der Waals surface area contributed by atoms with Crippen molar-refractivity contribution < 1.29 is 0 Å². The lowest BCUT2D eigenvalue weighted by Crippen LogP contribution is -2.55. The first kappa shape index (κ1) is 8.23. The van der Waals surface area contributed by atoms with E-state index in [0.717, 1.165) is 25.7 Å². The van der Waals surface area contributed by atoms with Gasteiger partial charge in [0.25, 0.3) is 0 Å². The van der Waals surface area contributed by atoms with Crippen LogP contribution in [0, 0.1) is 0 Å². The predicted molar refractivity (Wildman–Crippen MR) is 52.4 cm³/mol. The maximum atomic E-state index is 3.28. The third-order valence-corrected chi connectivity index (χ3v) is 3.13. The van der Waals surface area contributed by atoms with Crippen LogP contribution in [0.15, 0.2) is 16.8 Å². The molecule has 2 heterocycles. The van der Waals surface area contributed by atoms with Crippen LogP contribution in [-0.4, -0.2) is 31.1 Å². The van der Waals surface area contributed by atoms with Crippen molar-refractivity contribution in [3.8, 4) is 0 Å². The largest absolute Gasteiger partial charge is 0.314 e. The molecule has 3 heteroatoms. The zero-order chi connectivity index (χ0) is 8.39. The first-order valence-electron chi connectivity index (χ1n) is 4.28. The lowest BCUT2D eigenvalue weighted by Gasteiger charge is -2.35. The molecule has 0 amide bonds. The van der Waals surface area contributed by atoms with Gasteiger partial charge in [-0.3, -0.25) is 4.90 Å². The van der Waals surface area contributed by atoms with Crippen LogP contribution in [0.25, 0.3) is 0 Å². The van der Waals surface area contributed by atoms with Crippen LogP contribution >= 0.6 is 11.3 Å². The Morgan fingerprint density at radius 3 is 3.00 bits per heavy atom. The molecule has 1 saturated heterocycles. The molecule has 0 saturated carbocycles. The lowest BCUT2D eigenvalue weighted by molar-refractivity contribution is 0.173. The third kappa shape index (κ3) is 1.68. The molecule has 2 nitrogen and oxygen atoms in total. The van der Waals surface area contributed by atoms with Crippen LogP contribution in [0.1, 0.15) is 5.56 Å². The summed E-state index contributed by atoms with van der Waals surface area (Å²) < 4.78 is 0. The van der Waals surface area contributed by atoms with Crippen molar-refractivity contribution in [2.45, 2.75) is 12.6 Å². The third-order valence-electron chi connectivity index (χ3n) is 2.40. The highest BCUT2D eigenvalue weighted by Crippen LogP contribution is 2.11. The van der Waals surface area contributed by atoms with Crippen LogP contribution in [0.4, 0.5) is 0 Å². The van der Waals surface area contributed by atoms with Gasteiger partial charge in [-0.25, -0.2) is 0 Å². The van der Waals surface area contributed by atoms with Crippen LogP contribution in [-0.2, 0) is 6.54 Å². The quantitative estimate of drug-likeness (QED) is 0.754. The Morgan fingerprint density at radius 1 is 1.67 bits per heavy atom. The Hall–Kier alpha value is -0.380. The van der Waals surface area contributed by atoms with E-state index in [4.69, 9.17) is 0 Å². The second-order valence-electron chi connectivity index (χ2n) is 3.36. The first-order chi connectivity index (χ1) is 5.86. The second-order valence-corrected chi connectivity index (χ2v) is 4.14. The van der Waals surface area contributed by atoms with Crippen LogP contribution < -0.4 is 5.32 Å². The smallest absolute Gasteiger partial charge is 0.0345 e. The Labute approximate surface area is 77.2 Å². The van der Waals surface area contributed by atoms with Crippen molar-refractivity contribution in [1.29, 1.82) is 0 Å². The van der Waals surface area contributed by atoms with Crippen molar-refractivity contribution in [2.24, 2.45) is 0 Å². The minimum atomic E-state index is 0.755. The molecule has 1 aromatic rings. The van der Waals surface area contributed by atoms with Gasteiger partial charge in [0.1, 0.15) is 0 Å². The number of nitrogens with one attached hydrogen (secondary N) is 1. The summed E-state index contributed by atoms with van der Waals surface area (Å²) in [7, 11) is 2.20. The zero-order valence-corrected chi connectivity index (χ0v) is 8.10. The molecule has 1 fully saturated rings. The first-order valence-corrected chi connectivity index (χ1v) is 5.22. The molecule has 0 bridgehead atoms. The molecule has 2 rings (SSSR count). The second kappa shape index (κ2) is 3.56. The molecule has 66 valence electrons. The molecular weight excluding hydrogens is 168 g/mol. The summed E-state index contributed by atoms with van der Waals surface area (Å²) in [6.07, 6.45) is 0. The Bertz CT molecular complexity index is 229. The van der Waals surface area contributed by atoms with Crippen LogP contribution in [0.3, 0.4) is 0 Å². The minimum absolute atomic E-state index is 0.755. The summed E-state index contributed by atoms with van der Waals surface area (Å²) >= 11 is 1.78. The topological polar surface area (TPSA) is 15.3 Å². The van der Waals surface area contributed by atoms with Crippen molar-refractivity contribution in [2.75, 3.05) is 20.1 Å². The molecule has 0 atom stereocenters. The molecular formula is C9H14N2S. The average molecular weight is 182 g/mol. The summed E-state index contributed by atoms with van der Waals surface area (Å²) in [5.41, 5.74) is 1.44. The van der Waals surface area contributed by atoms with E-state index in [1.165, 1.54) is 5.56 Å². The summed E-state index contributed by atoms with van der Waals surface area (Å²) in [4.78, 5) is 2.42. The number of hydrogen-bond donors (Lipinski definition) is 1. The van der Waals surface area contributed by atoms with Gasteiger partial charge in [0, 0.05) is 25.7 Å². The summed E-state index contributed by atoms with van der Waals surface area (Å²) in [5.74, 6) is 0. The van der Waals surface area contributed by atoms with Gasteiger partial charge >= 0.3 is 0 Å². The Morgan fingerprint density at radius 2 is 2.50 bits per heavy atom.